The maximum absolute atomic E-state index is 13.5. The molecule has 1 aliphatic heterocycles. The van der Waals surface area contributed by atoms with Gasteiger partial charge in [-0.15, -0.1) is 0 Å². The molecule has 0 radical (unpaired) electrons. The van der Waals surface area contributed by atoms with Crippen LogP contribution < -0.4 is 4.74 Å². The van der Waals surface area contributed by atoms with Crippen molar-refractivity contribution in [1.29, 1.82) is 0 Å². The average molecular weight is 440 g/mol. The number of hydrogen-bond acceptors (Lipinski definition) is 6. The lowest BCUT2D eigenvalue weighted by molar-refractivity contribution is -0.238. The van der Waals surface area contributed by atoms with E-state index in [1.807, 2.05) is 32.9 Å². The maximum Gasteiger partial charge on any atom is 0.343 e. The van der Waals surface area contributed by atoms with E-state index < -0.39 is 11.5 Å². The van der Waals surface area contributed by atoms with Crippen LogP contribution in [0.1, 0.15) is 46.5 Å². The van der Waals surface area contributed by atoms with Crippen LogP contribution in [0.15, 0.2) is 42.2 Å². The van der Waals surface area contributed by atoms with Gasteiger partial charge in [-0.3, -0.25) is 4.79 Å². The molecule has 0 spiro atoms. The molecule has 1 aliphatic rings. The predicted octanol–water partition coefficient (Wildman–Crippen LogP) is 4.34. The van der Waals surface area contributed by atoms with Crippen molar-refractivity contribution in [2.24, 2.45) is 0 Å². The number of rotatable bonds is 7. The van der Waals surface area contributed by atoms with E-state index in [0.29, 0.717) is 16.9 Å². The van der Waals surface area contributed by atoms with Crippen molar-refractivity contribution >= 4 is 17.4 Å². The molecule has 1 heterocycles. The van der Waals surface area contributed by atoms with Crippen LogP contribution in [-0.2, 0) is 19.1 Å². The first-order chi connectivity index (χ1) is 15.1. The highest BCUT2D eigenvalue weighted by molar-refractivity contribution is 6.23. The van der Waals surface area contributed by atoms with Crippen molar-refractivity contribution in [3.63, 3.8) is 0 Å². The fraction of sp³-hybridized carbons (Fsp3) is 0.360. The Morgan fingerprint density at radius 1 is 1.00 bits per heavy atom. The molecule has 2 aromatic rings. The third kappa shape index (κ3) is 4.26. The van der Waals surface area contributed by atoms with E-state index >= 15 is 0 Å². The maximum atomic E-state index is 13.5. The fourth-order valence-corrected chi connectivity index (χ4v) is 4.03. The van der Waals surface area contributed by atoms with Gasteiger partial charge in [0.15, 0.2) is 6.79 Å². The molecule has 0 saturated heterocycles. The number of benzene rings is 2. The summed E-state index contributed by atoms with van der Waals surface area (Å²) in [5.41, 5.74) is 3.24. The minimum Gasteiger partial charge on any atom is -0.497 e. The zero-order valence-corrected chi connectivity index (χ0v) is 19.6. The molecular weight excluding hydrogens is 410 g/mol. The summed E-state index contributed by atoms with van der Waals surface area (Å²) < 4.78 is 16.0. The molecule has 170 valence electrons. The van der Waals surface area contributed by atoms with Crippen molar-refractivity contribution in [3.05, 3.63) is 70.0 Å². The number of hydroxylamine groups is 2. The van der Waals surface area contributed by atoms with Gasteiger partial charge in [0.25, 0.3) is 5.91 Å². The smallest absolute Gasteiger partial charge is 0.343 e. The van der Waals surface area contributed by atoms with E-state index in [2.05, 4.69) is 0 Å². The molecule has 7 nitrogen and oxygen atoms in total. The number of methoxy groups -OCH3 is 2. The molecule has 2 aromatic carbocycles. The van der Waals surface area contributed by atoms with Crippen molar-refractivity contribution in [2.45, 2.75) is 40.2 Å². The number of amides is 1. The highest BCUT2D eigenvalue weighted by atomic mass is 16.8. The second kappa shape index (κ2) is 9.14. The summed E-state index contributed by atoms with van der Waals surface area (Å²) in [6.45, 7) is 9.28. The van der Waals surface area contributed by atoms with Gasteiger partial charge >= 0.3 is 5.97 Å². The Morgan fingerprint density at radius 3 is 2.12 bits per heavy atom. The van der Waals surface area contributed by atoms with Gasteiger partial charge in [0.05, 0.1) is 18.2 Å². The summed E-state index contributed by atoms with van der Waals surface area (Å²) in [5.74, 6) is -0.103. The van der Waals surface area contributed by atoms with E-state index in [-0.39, 0.29) is 18.5 Å². The molecule has 32 heavy (non-hydrogen) atoms. The Balaban J connectivity index is 2.12. The second-order valence-electron chi connectivity index (χ2n) is 8.29. The molecule has 0 N–H and O–H groups in total. The Hall–Kier alpha value is -3.16. The van der Waals surface area contributed by atoms with Crippen molar-refractivity contribution in [1.82, 2.24) is 5.06 Å². The van der Waals surface area contributed by atoms with Crippen molar-refractivity contribution < 1.29 is 28.6 Å². The standard InChI is InChI=1S/C25H29NO6/c1-15-12-16(2)20(17(3)13-15)21-22(25(4,5)26(23(21)27)31-14-29-6)32-24(28)18-8-10-19(30-7)11-9-18/h8-13H,14H2,1-7H3. The minimum atomic E-state index is -1.04. The topological polar surface area (TPSA) is 74.3 Å². The van der Waals surface area contributed by atoms with Gasteiger partial charge < -0.3 is 14.2 Å². The van der Waals surface area contributed by atoms with Crippen LogP contribution in [0.5, 0.6) is 5.75 Å². The molecule has 0 atom stereocenters. The van der Waals surface area contributed by atoms with Crippen LogP contribution >= 0.6 is 0 Å². The first kappa shape index (κ1) is 23.5. The van der Waals surface area contributed by atoms with Crippen LogP contribution in [0, 0.1) is 20.8 Å². The zero-order chi connectivity index (χ0) is 23.6. The van der Waals surface area contributed by atoms with Gasteiger partial charge in [0.1, 0.15) is 17.0 Å². The van der Waals surface area contributed by atoms with Crippen molar-refractivity contribution in [2.75, 3.05) is 21.0 Å². The highest BCUT2D eigenvalue weighted by Crippen LogP contribution is 2.43. The van der Waals surface area contributed by atoms with Crippen LogP contribution in [-0.4, -0.2) is 43.5 Å². The molecule has 7 heteroatoms. The molecule has 0 aromatic heterocycles. The molecule has 1 amide bonds. The lowest BCUT2D eigenvalue weighted by Gasteiger charge is -2.31. The van der Waals surface area contributed by atoms with Crippen LogP contribution in [0.25, 0.3) is 5.57 Å². The number of ether oxygens (including phenoxy) is 3. The first-order valence-corrected chi connectivity index (χ1v) is 10.3. The van der Waals surface area contributed by atoms with Gasteiger partial charge in [-0.25, -0.2) is 14.7 Å². The van der Waals surface area contributed by atoms with E-state index in [0.717, 1.165) is 22.3 Å². The summed E-state index contributed by atoms with van der Waals surface area (Å²) in [6, 6.07) is 10.6. The predicted molar refractivity (Wildman–Crippen MR) is 120 cm³/mol. The third-order valence-electron chi connectivity index (χ3n) is 5.44. The van der Waals surface area contributed by atoms with Crippen LogP contribution in [0.2, 0.25) is 0 Å². The number of hydrogen-bond donors (Lipinski definition) is 0. The summed E-state index contributed by atoms with van der Waals surface area (Å²) >= 11 is 0. The molecule has 0 unspecified atom stereocenters. The lowest BCUT2D eigenvalue weighted by atomic mass is 9.91. The Kier molecular flexibility index (Phi) is 6.71. The van der Waals surface area contributed by atoms with E-state index in [1.54, 1.807) is 45.2 Å². The minimum absolute atomic E-state index is 0.117. The van der Waals surface area contributed by atoms with E-state index in [4.69, 9.17) is 19.0 Å². The molecule has 0 fully saturated rings. The summed E-state index contributed by atoms with van der Waals surface area (Å²) in [7, 11) is 3.03. The number of nitrogens with zero attached hydrogens (tertiary/aromatic N) is 1. The number of carbonyl (C=O) groups is 2. The first-order valence-electron chi connectivity index (χ1n) is 10.3. The van der Waals surface area contributed by atoms with E-state index in [1.165, 1.54) is 12.2 Å². The Bertz CT molecular complexity index is 1050. The quantitative estimate of drug-likeness (QED) is 0.472. The Morgan fingerprint density at radius 2 is 1.59 bits per heavy atom. The monoisotopic (exact) mass is 439 g/mol. The molecule has 0 aliphatic carbocycles. The summed E-state index contributed by atoms with van der Waals surface area (Å²) in [4.78, 5) is 32.1. The number of esters is 1. The lowest BCUT2D eigenvalue weighted by Crippen LogP contribution is -2.44. The number of aryl methyl sites for hydroxylation is 3. The Labute approximate surface area is 188 Å². The van der Waals surface area contributed by atoms with Crippen molar-refractivity contribution in [3.8, 4) is 5.75 Å². The van der Waals surface area contributed by atoms with Gasteiger partial charge in [0.2, 0.25) is 0 Å². The van der Waals surface area contributed by atoms with Gasteiger partial charge in [-0.2, -0.15) is 0 Å². The summed E-state index contributed by atoms with van der Waals surface area (Å²) in [5, 5.41) is 1.21. The third-order valence-corrected chi connectivity index (χ3v) is 5.44. The van der Waals surface area contributed by atoms with E-state index in [9.17, 15) is 9.59 Å². The molecule has 0 bridgehead atoms. The molecule has 0 saturated carbocycles. The summed E-state index contributed by atoms with van der Waals surface area (Å²) in [6.07, 6.45) is 0. The number of carbonyl (C=O) groups excluding carboxylic acids is 2. The second-order valence-corrected chi connectivity index (χ2v) is 8.29. The zero-order valence-electron chi connectivity index (χ0n) is 19.6. The van der Waals surface area contributed by atoms with Gasteiger partial charge in [-0.05, 0) is 75.6 Å². The average Bonchev–Trinajstić information content (AvgIpc) is 2.91. The molecular formula is C25H29NO6. The van der Waals surface area contributed by atoms with Crippen LogP contribution in [0.3, 0.4) is 0 Å². The van der Waals surface area contributed by atoms with Crippen LogP contribution in [0.4, 0.5) is 0 Å². The van der Waals surface area contributed by atoms with Gasteiger partial charge in [-0.1, -0.05) is 17.7 Å². The highest BCUT2D eigenvalue weighted by Gasteiger charge is 2.50. The van der Waals surface area contributed by atoms with Gasteiger partial charge in [0, 0.05) is 7.11 Å². The normalized spacial score (nSPS) is 15.3. The molecule has 3 rings (SSSR count). The SMILES string of the molecule is COCON1C(=O)C(c2c(C)cc(C)cc2C)=C(OC(=O)c2ccc(OC)cc2)C1(C)C. The fourth-order valence-electron chi connectivity index (χ4n) is 4.03. The largest absolute Gasteiger partial charge is 0.497 e.